The van der Waals surface area contributed by atoms with Crippen molar-refractivity contribution < 1.29 is 10.2 Å². The molecule has 1 aromatic heterocycles. The Morgan fingerprint density at radius 2 is 2.07 bits per heavy atom. The van der Waals surface area contributed by atoms with E-state index < -0.39 is 6.10 Å². The zero-order valence-corrected chi connectivity index (χ0v) is 19.1. The second kappa shape index (κ2) is 11.8. The summed E-state index contributed by atoms with van der Waals surface area (Å²) in [4.78, 5) is 2.58. The molecular weight excluding hydrogens is 419 g/mol. The monoisotopic (exact) mass is 452 g/mol. The molecule has 2 radical (unpaired) electrons. The van der Waals surface area contributed by atoms with E-state index in [2.05, 4.69) is 41.9 Å². The van der Waals surface area contributed by atoms with Gasteiger partial charge in [-0.1, -0.05) is 57.0 Å². The van der Waals surface area contributed by atoms with Gasteiger partial charge in [0, 0.05) is 14.2 Å². The summed E-state index contributed by atoms with van der Waals surface area (Å²) in [6.45, 7) is 4.33. The molecule has 0 amide bonds. The highest BCUT2D eigenvalue weighted by Crippen LogP contribution is 2.43. The Bertz CT molecular complexity index is 569. The number of halogens is 1. The number of unbranched alkanes of at least 4 members (excludes halogenated alkanes) is 4. The molecule has 5 heteroatoms. The fourth-order valence-corrected chi connectivity index (χ4v) is 5.74. The molecular formula is C22H34BBrO2S. The average molecular weight is 453 g/mol. The fourth-order valence-electron chi connectivity index (χ4n) is 4.12. The van der Waals surface area contributed by atoms with E-state index in [1.807, 2.05) is 6.08 Å². The van der Waals surface area contributed by atoms with Crippen LogP contribution in [0.5, 0.6) is 0 Å². The third-order valence-corrected chi connectivity index (χ3v) is 7.98. The van der Waals surface area contributed by atoms with E-state index in [1.54, 1.807) is 11.3 Å². The normalized spacial score (nSPS) is 26.9. The first-order chi connectivity index (χ1) is 12.9. The van der Waals surface area contributed by atoms with Gasteiger partial charge in [0.1, 0.15) is 0 Å². The molecule has 1 aliphatic rings. The first-order valence-corrected chi connectivity index (χ1v) is 12.1. The SMILES string of the molecule is [B]C1CC(O)[C@H](CCCCCCC)[C@H]1/C=C/C(O)CCc1cc(Br)c(C)s1. The van der Waals surface area contributed by atoms with Crippen molar-refractivity contribution in [2.24, 2.45) is 11.8 Å². The molecule has 3 unspecified atom stereocenters. The van der Waals surface area contributed by atoms with Crippen molar-refractivity contribution >= 4 is 35.1 Å². The summed E-state index contributed by atoms with van der Waals surface area (Å²) in [5.74, 6) is 0.417. The van der Waals surface area contributed by atoms with E-state index in [4.69, 9.17) is 7.85 Å². The third-order valence-electron chi connectivity index (χ3n) is 5.79. The quantitative estimate of drug-likeness (QED) is 0.246. The van der Waals surface area contributed by atoms with Crippen molar-refractivity contribution in [3.63, 3.8) is 0 Å². The maximum absolute atomic E-state index is 10.4. The Hall–Kier alpha value is -0.0951. The lowest BCUT2D eigenvalue weighted by atomic mass is 9.75. The molecule has 0 bridgehead atoms. The van der Waals surface area contributed by atoms with Crippen LogP contribution < -0.4 is 0 Å². The summed E-state index contributed by atoms with van der Waals surface area (Å²) >= 11 is 5.33. The van der Waals surface area contributed by atoms with Crippen molar-refractivity contribution in [2.75, 3.05) is 0 Å². The number of aliphatic hydroxyl groups excluding tert-OH is 2. The lowest BCUT2D eigenvalue weighted by Gasteiger charge is -2.22. The molecule has 1 heterocycles. The Kier molecular flexibility index (Phi) is 10.1. The molecule has 2 N–H and O–H groups in total. The van der Waals surface area contributed by atoms with Gasteiger partial charge in [-0.2, -0.15) is 0 Å². The predicted molar refractivity (Wildman–Crippen MR) is 121 cm³/mol. The summed E-state index contributed by atoms with van der Waals surface area (Å²) in [5, 5.41) is 20.8. The fraction of sp³-hybridized carbons (Fsp3) is 0.727. The standard InChI is InChI=1S/C22H34BBrO2S/c1-3-4-5-6-7-8-19-18(20(23)14-22(19)26)12-10-16(25)9-11-17-13-21(24)15(2)27-17/h10,12-13,16,18-20,22,25-26H,3-9,11,14H2,1-2H3/b12-10+/t16?,18-,19-,20?,22?/m1/s1. The van der Waals surface area contributed by atoms with Crippen molar-refractivity contribution in [1.82, 2.24) is 0 Å². The minimum Gasteiger partial charge on any atom is -0.393 e. The molecule has 5 atom stereocenters. The number of aryl methyl sites for hydroxylation is 2. The maximum atomic E-state index is 10.4. The second-order valence-corrected chi connectivity index (χ2v) is 10.2. The van der Waals surface area contributed by atoms with E-state index in [-0.39, 0.29) is 23.8 Å². The van der Waals surface area contributed by atoms with Gasteiger partial charge >= 0.3 is 0 Å². The van der Waals surface area contributed by atoms with Crippen molar-refractivity contribution in [2.45, 2.75) is 89.7 Å². The average Bonchev–Trinajstić information content (AvgIpc) is 3.09. The van der Waals surface area contributed by atoms with Crippen LogP contribution in [-0.2, 0) is 6.42 Å². The highest BCUT2D eigenvalue weighted by molar-refractivity contribution is 9.10. The second-order valence-electron chi connectivity index (χ2n) is 8.02. The number of thiophene rings is 1. The topological polar surface area (TPSA) is 40.5 Å². The smallest absolute Gasteiger partial charge is 0.0724 e. The third kappa shape index (κ3) is 7.34. The van der Waals surface area contributed by atoms with Crippen LogP contribution in [0.2, 0.25) is 5.82 Å². The largest absolute Gasteiger partial charge is 0.393 e. The molecule has 150 valence electrons. The molecule has 0 aliphatic heterocycles. The van der Waals surface area contributed by atoms with Crippen LogP contribution in [-0.4, -0.2) is 30.3 Å². The van der Waals surface area contributed by atoms with Crippen LogP contribution in [0.1, 0.15) is 68.0 Å². The summed E-state index contributed by atoms with van der Waals surface area (Å²) in [5.41, 5.74) is 0. The Morgan fingerprint density at radius 1 is 1.33 bits per heavy atom. The van der Waals surface area contributed by atoms with Gasteiger partial charge in [0.15, 0.2) is 0 Å². The Balaban J connectivity index is 1.82. The van der Waals surface area contributed by atoms with E-state index >= 15 is 0 Å². The number of allylic oxidation sites excluding steroid dienone is 1. The molecule has 0 saturated heterocycles. The van der Waals surface area contributed by atoms with Crippen LogP contribution in [0.3, 0.4) is 0 Å². The minimum absolute atomic E-state index is 0.00000672. The molecule has 1 aromatic rings. The highest BCUT2D eigenvalue weighted by atomic mass is 79.9. The maximum Gasteiger partial charge on any atom is 0.0724 e. The number of aliphatic hydroxyl groups is 2. The van der Waals surface area contributed by atoms with E-state index in [1.165, 1.54) is 35.4 Å². The van der Waals surface area contributed by atoms with Crippen LogP contribution in [0.25, 0.3) is 0 Å². The molecule has 0 aromatic carbocycles. The van der Waals surface area contributed by atoms with Crippen LogP contribution >= 0.6 is 27.3 Å². The van der Waals surface area contributed by atoms with Gasteiger partial charge in [-0.3, -0.25) is 0 Å². The van der Waals surface area contributed by atoms with E-state index in [9.17, 15) is 10.2 Å². The van der Waals surface area contributed by atoms with E-state index in [0.717, 1.165) is 30.2 Å². The molecule has 1 saturated carbocycles. The molecule has 2 nitrogen and oxygen atoms in total. The van der Waals surface area contributed by atoms with Crippen molar-refractivity contribution in [3.8, 4) is 0 Å². The number of hydrogen-bond acceptors (Lipinski definition) is 3. The predicted octanol–water partition coefficient (Wildman–Crippen LogP) is 5.98. The molecule has 2 rings (SSSR count). The van der Waals surface area contributed by atoms with Gasteiger partial charge in [-0.15, -0.1) is 11.3 Å². The first kappa shape index (κ1) is 23.2. The summed E-state index contributed by atoms with van der Waals surface area (Å²) in [6.07, 6.45) is 12.8. The highest BCUT2D eigenvalue weighted by Gasteiger charge is 2.37. The zero-order chi connectivity index (χ0) is 19.8. The number of hydrogen-bond donors (Lipinski definition) is 2. The number of rotatable bonds is 11. The lowest BCUT2D eigenvalue weighted by molar-refractivity contribution is 0.116. The van der Waals surface area contributed by atoms with Crippen LogP contribution in [0.15, 0.2) is 22.7 Å². The van der Waals surface area contributed by atoms with Crippen molar-refractivity contribution in [1.29, 1.82) is 0 Å². The van der Waals surface area contributed by atoms with Gasteiger partial charge < -0.3 is 10.2 Å². The van der Waals surface area contributed by atoms with Crippen LogP contribution in [0.4, 0.5) is 0 Å². The first-order valence-electron chi connectivity index (χ1n) is 10.5. The summed E-state index contributed by atoms with van der Waals surface area (Å²) in [6, 6.07) is 2.15. The molecule has 0 spiro atoms. The molecule has 1 fully saturated rings. The minimum atomic E-state index is -0.457. The van der Waals surface area contributed by atoms with Crippen molar-refractivity contribution in [3.05, 3.63) is 32.4 Å². The van der Waals surface area contributed by atoms with Gasteiger partial charge in [-0.05, 0) is 66.4 Å². The Morgan fingerprint density at radius 3 is 2.74 bits per heavy atom. The Labute approximate surface area is 179 Å². The van der Waals surface area contributed by atoms with Gasteiger partial charge in [0.25, 0.3) is 0 Å². The summed E-state index contributed by atoms with van der Waals surface area (Å²) < 4.78 is 1.15. The lowest BCUT2D eigenvalue weighted by Crippen LogP contribution is -2.19. The van der Waals surface area contributed by atoms with Gasteiger partial charge in [0.05, 0.1) is 20.1 Å². The molecule has 1 aliphatic carbocycles. The summed E-state index contributed by atoms with van der Waals surface area (Å²) in [7, 11) is 6.29. The van der Waals surface area contributed by atoms with Gasteiger partial charge in [0.2, 0.25) is 0 Å². The van der Waals surface area contributed by atoms with Gasteiger partial charge in [-0.25, -0.2) is 0 Å². The zero-order valence-electron chi connectivity index (χ0n) is 16.7. The van der Waals surface area contributed by atoms with Crippen LogP contribution in [0, 0.1) is 18.8 Å². The van der Waals surface area contributed by atoms with E-state index in [0.29, 0.717) is 6.42 Å². The molecule has 27 heavy (non-hydrogen) atoms.